The lowest BCUT2D eigenvalue weighted by atomic mass is 10.2. The molecule has 0 bridgehead atoms. The van der Waals surface area contributed by atoms with Gasteiger partial charge in [-0.3, -0.25) is 4.57 Å². The van der Waals surface area contributed by atoms with E-state index in [1.165, 1.54) is 6.07 Å². The lowest BCUT2D eigenvalue weighted by molar-refractivity contribution is 0.618. The molecule has 104 valence electrons. The molecule has 21 heavy (non-hydrogen) atoms. The Morgan fingerprint density at radius 3 is 2.76 bits per heavy atom. The first-order valence-corrected chi connectivity index (χ1v) is 6.98. The van der Waals surface area contributed by atoms with Crippen LogP contribution in [0.4, 0.5) is 4.39 Å². The largest absolute Gasteiger partial charge is 0.292 e. The van der Waals surface area contributed by atoms with Gasteiger partial charge in [-0.15, -0.1) is 11.6 Å². The number of imidazole rings is 1. The zero-order valence-electron chi connectivity index (χ0n) is 10.6. The molecule has 0 saturated carbocycles. The van der Waals surface area contributed by atoms with Gasteiger partial charge in [0.1, 0.15) is 23.2 Å². The van der Waals surface area contributed by atoms with Gasteiger partial charge < -0.3 is 0 Å². The van der Waals surface area contributed by atoms with Gasteiger partial charge in [0.25, 0.3) is 0 Å². The number of fused-ring (bicyclic) bond motifs is 1. The number of aromatic nitrogens is 2. The molecule has 0 saturated heterocycles. The fourth-order valence-corrected chi connectivity index (χ4v) is 2.60. The van der Waals surface area contributed by atoms with Crippen LogP contribution in [-0.2, 0) is 5.88 Å². The normalized spacial score (nSPS) is 10.8. The SMILES string of the molecule is N#Cc1cccc2c1nc(CCl)n2-c1ccc(Cl)cc1F. The zero-order chi connectivity index (χ0) is 15.0. The second kappa shape index (κ2) is 5.36. The number of hydrogen-bond donors (Lipinski definition) is 0. The molecule has 0 amide bonds. The number of alkyl halides is 1. The van der Waals surface area contributed by atoms with E-state index < -0.39 is 5.82 Å². The highest BCUT2D eigenvalue weighted by Gasteiger charge is 2.16. The van der Waals surface area contributed by atoms with Gasteiger partial charge in [0.05, 0.1) is 22.6 Å². The van der Waals surface area contributed by atoms with E-state index in [2.05, 4.69) is 11.1 Å². The Bertz CT molecular complexity index is 880. The Labute approximate surface area is 130 Å². The second-order valence-electron chi connectivity index (χ2n) is 4.38. The third-order valence-electron chi connectivity index (χ3n) is 3.15. The van der Waals surface area contributed by atoms with Crippen LogP contribution in [0.15, 0.2) is 36.4 Å². The number of rotatable bonds is 2. The maximum absolute atomic E-state index is 14.2. The summed E-state index contributed by atoms with van der Waals surface area (Å²) in [6.07, 6.45) is 0. The van der Waals surface area contributed by atoms with E-state index in [0.717, 1.165) is 0 Å². The second-order valence-corrected chi connectivity index (χ2v) is 5.08. The van der Waals surface area contributed by atoms with Gasteiger partial charge in [0, 0.05) is 5.02 Å². The highest BCUT2D eigenvalue weighted by Crippen LogP contribution is 2.27. The van der Waals surface area contributed by atoms with Crippen LogP contribution in [0.1, 0.15) is 11.4 Å². The maximum atomic E-state index is 14.2. The highest BCUT2D eigenvalue weighted by molar-refractivity contribution is 6.30. The van der Waals surface area contributed by atoms with Crippen molar-refractivity contribution in [3.8, 4) is 11.8 Å². The molecule has 0 aliphatic rings. The molecule has 0 aliphatic heterocycles. The molecule has 0 fully saturated rings. The molecule has 3 nitrogen and oxygen atoms in total. The molecule has 0 radical (unpaired) electrons. The van der Waals surface area contributed by atoms with Crippen LogP contribution in [0.25, 0.3) is 16.7 Å². The van der Waals surface area contributed by atoms with E-state index in [1.807, 2.05) is 0 Å². The van der Waals surface area contributed by atoms with Crippen LogP contribution < -0.4 is 0 Å². The summed E-state index contributed by atoms with van der Waals surface area (Å²) in [5.74, 6) is 0.0906. The maximum Gasteiger partial charge on any atom is 0.148 e. The molecule has 2 aromatic carbocycles. The molecule has 0 aliphatic carbocycles. The summed E-state index contributed by atoms with van der Waals surface area (Å²) in [6, 6.07) is 11.6. The Morgan fingerprint density at radius 1 is 1.29 bits per heavy atom. The Morgan fingerprint density at radius 2 is 2.10 bits per heavy atom. The minimum Gasteiger partial charge on any atom is -0.292 e. The molecule has 0 atom stereocenters. The molecule has 1 heterocycles. The van der Waals surface area contributed by atoms with Gasteiger partial charge in [0.2, 0.25) is 0 Å². The number of para-hydroxylation sites is 1. The third-order valence-corrected chi connectivity index (χ3v) is 3.62. The molecule has 3 aromatic rings. The minimum atomic E-state index is -0.476. The topological polar surface area (TPSA) is 41.6 Å². The van der Waals surface area contributed by atoms with Crippen molar-refractivity contribution in [1.82, 2.24) is 9.55 Å². The van der Waals surface area contributed by atoms with Crippen molar-refractivity contribution in [2.24, 2.45) is 0 Å². The molecule has 3 rings (SSSR count). The smallest absolute Gasteiger partial charge is 0.148 e. The predicted molar refractivity (Wildman–Crippen MR) is 80.3 cm³/mol. The van der Waals surface area contributed by atoms with Crippen LogP contribution in [-0.4, -0.2) is 9.55 Å². The number of halogens is 3. The van der Waals surface area contributed by atoms with Gasteiger partial charge in [-0.1, -0.05) is 17.7 Å². The summed E-state index contributed by atoms with van der Waals surface area (Å²) >= 11 is 11.7. The Hall–Kier alpha value is -2.09. The van der Waals surface area contributed by atoms with E-state index in [0.29, 0.717) is 33.1 Å². The van der Waals surface area contributed by atoms with Crippen molar-refractivity contribution < 1.29 is 4.39 Å². The van der Waals surface area contributed by atoms with Crippen LogP contribution in [0, 0.1) is 17.1 Å². The number of benzene rings is 2. The quantitative estimate of drug-likeness (QED) is 0.656. The molecular formula is C15H8Cl2FN3. The van der Waals surface area contributed by atoms with E-state index in [9.17, 15) is 4.39 Å². The van der Waals surface area contributed by atoms with Gasteiger partial charge in [-0.2, -0.15) is 5.26 Å². The molecule has 6 heteroatoms. The van der Waals surface area contributed by atoms with Gasteiger partial charge >= 0.3 is 0 Å². The van der Waals surface area contributed by atoms with Crippen molar-refractivity contribution in [3.05, 3.63) is 58.6 Å². The van der Waals surface area contributed by atoms with Crippen molar-refractivity contribution in [1.29, 1.82) is 5.26 Å². The Kier molecular flexibility index (Phi) is 3.54. The summed E-state index contributed by atoms with van der Waals surface area (Å²) in [5.41, 5.74) is 1.86. The highest BCUT2D eigenvalue weighted by atomic mass is 35.5. The fourth-order valence-electron chi connectivity index (χ4n) is 2.26. The molecular weight excluding hydrogens is 312 g/mol. The molecule has 0 spiro atoms. The van der Waals surface area contributed by atoms with Gasteiger partial charge in [-0.25, -0.2) is 9.37 Å². The van der Waals surface area contributed by atoms with Crippen molar-refractivity contribution in [3.63, 3.8) is 0 Å². The lowest BCUT2D eigenvalue weighted by Gasteiger charge is -2.09. The molecule has 0 N–H and O–H groups in total. The van der Waals surface area contributed by atoms with E-state index in [4.69, 9.17) is 28.5 Å². The first kappa shape index (κ1) is 13.9. The predicted octanol–water partition coefficient (Wildman–Crippen LogP) is 4.43. The first-order chi connectivity index (χ1) is 10.2. The van der Waals surface area contributed by atoms with Crippen LogP contribution in [0.5, 0.6) is 0 Å². The number of nitriles is 1. The summed E-state index contributed by atoms with van der Waals surface area (Å²) in [7, 11) is 0. The molecule has 0 unspecified atom stereocenters. The van der Waals surface area contributed by atoms with Crippen molar-refractivity contribution >= 4 is 34.2 Å². The summed E-state index contributed by atoms with van der Waals surface area (Å²) < 4.78 is 15.8. The van der Waals surface area contributed by atoms with Crippen molar-refractivity contribution in [2.45, 2.75) is 5.88 Å². The van der Waals surface area contributed by atoms with Gasteiger partial charge in [0.15, 0.2) is 0 Å². The van der Waals surface area contributed by atoms with E-state index in [-0.39, 0.29) is 5.88 Å². The average Bonchev–Trinajstić information content (AvgIpc) is 2.85. The van der Waals surface area contributed by atoms with Crippen LogP contribution >= 0.6 is 23.2 Å². The number of hydrogen-bond acceptors (Lipinski definition) is 2. The Balaban J connectivity index is 2.39. The minimum absolute atomic E-state index is 0.0988. The summed E-state index contributed by atoms with van der Waals surface area (Å²) in [4.78, 5) is 4.35. The zero-order valence-corrected chi connectivity index (χ0v) is 12.2. The van der Waals surface area contributed by atoms with Crippen LogP contribution in [0.3, 0.4) is 0 Å². The summed E-state index contributed by atoms with van der Waals surface area (Å²) in [6.45, 7) is 0. The third kappa shape index (κ3) is 2.25. The number of nitrogens with zero attached hydrogens (tertiary/aromatic N) is 3. The summed E-state index contributed by atoms with van der Waals surface area (Å²) in [5, 5.41) is 9.46. The van der Waals surface area contributed by atoms with Gasteiger partial charge in [-0.05, 0) is 30.3 Å². The lowest BCUT2D eigenvalue weighted by Crippen LogP contribution is -2.02. The first-order valence-electron chi connectivity index (χ1n) is 6.07. The van der Waals surface area contributed by atoms with E-state index >= 15 is 0 Å². The van der Waals surface area contributed by atoms with Crippen LogP contribution in [0.2, 0.25) is 5.02 Å². The standard InChI is InChI=1S/C15H8Cl2FN3/c16-7-14-20-15-9(8-19)2-1-3-13(15)21(14)12-5-4-10(17)6-11(12)18/h1-6H,7H2. The van der Waals surface area contributed by atoms with E-state index in [1.54, 1.807) is 34.9 Å². The van der Waals surface area contributed by atoms with Crippen molar-refractivity contribution in [2.75, 3.05) is 0 Å². The monoisotopic (exact) mass is 319 g/mol. The average molecular weight is 320 g/mol. The molecule has 1 aromatic heterocycles. The fraction of sp³-hybridized carbons (Fsp3) is 0.0667.